The van der Waals surface area contributed by atoms with E-state index in [1.165, 1.54) is 6.42 Å². The first-order valence-corrected chi connectivity index (χ1v) is 6.69. The number of benzene rings is 1. The normalized spacial score (nSPS) is 20.1. The Bertz CT molecular complexity index is 379. The van der Waals surface area contributed by atoms with Gasteiger partial charge in [-0.15, -0.1) is 0 Å². The molecule has 15 heavy (non-hydrogen) atoms. The molecule has 1 N–H and O–H groups in total. The molecule has 1 aromatic rings. The smallest absolute Gasteiger partial charge is 0.161 e. The van der Waals surface area contributed by atoms with E-state index in [9.17, 15) is 0 Å². The number of anilines is 1. The Kier molecular flexibility index (Phi) is 3.70. The van der Waals surface area contributed by atoms with Gasteiger partial charge in [0.05, 0.1) is 6.54 Å². The molecular formula is C11H13BrN2S. The van der Waals surface area contributed by atoms with Gasteiger partial charge in [-0.25, -0.2) is 0 Å². The third kappa shape index (κ3) is 2.98. The maximum Gasteiger partial charge on any atom is 0.161 e. The molecule has 1 aliphatic heterocycles. The number of nitrogens with zero attached hydrogens (tertiary/aromatic N) is 1. The lowest BCUT2D eigenvalue weighted by Crippen LogP contribution is -2.06. The SMILES string of the molecule is CCC1CN=C(Nc2cccc(Br)c2)S1. The van der Waals surface area contributed by atoms with Crippen molar-refractivity contribution in [2.45, 2.75) is 18.6 Å². The van der Waals surface area contributed by atoms with Gasteiger partial charge in [0.1, 0.15) is 0 Å². The molecule has 2 rings (SSSR count). The predicted octanol–water partition coefficient (Wildman–Crippen LogP) is 3.74. The first-order valence-electron chi connectivity index (χ1n) is 5.01. The van der Waals surface area contributed by atoms with E-state index in [1.807, 2.05) is 30.0 Å². The summed E-state index contributed by atoms with van der Waals surface area (Å²) in [5.74, 6) is 0. The molecular weight excluding hydrogens is 272 g/mol. The Hall–Kier alpha value is -0.480. The summed E-state index contributed by atoms with van der Waals surface area (Å²) >= 11 is 5.29. The number of thioether (sulfide) groups is 1. The van der Waals surface area contributed by atoms with E-state index in [2.05, 4.69) is 39.2 Å². The van der Waals surface area contributed by atoms with Gasteiger partial charge in [-0.05, 0) is 24.6 Å². The predicted molar refractivity (Wildman–Crippen MR) is 71.7 cm³/mol. The molecule has 0 saturated carbocycles. The van der Waals surface area contributed by atoms with Crippen molar-refractivity contribution in [3.63, 3.8) is 0 Å². The molecule has 80 valence electrons. The highest BCUT2D eigenvalue weighted by Gasteiger charge is 2.17. The van der Waals surface area contributed by atoms with E-state index in [4.69, 9.17) is 0 Å². The van der Waals surface area contributed by atoms with Gasteiger partial charge in [-0.3, -0.25) is 4.99 Å². The van der Waals surface area contributed by atoms with Gasteiger partial charge >= 0.3 is 0 Å². The molecule has 0 aromatic heterocycles. The number of aliphatic imine (C=N–C) groups is 1. The van der Waals surface area contributed by atoms with E-state index in [0.717, 1.165) is 21.9 Å². The highest BCUT2D eigenvalue weighted by Crippen LogP contribution is 2.25. The summed E-state index contributed by atoms with van der Waals surface area (Å²) in [5, 5.41) is 5.02. The van der Waals surface area contributed by atoms with Crippen LogP contribution in [0.3, 0.4) is 0 Å². The molecule has 0 saturated heterocycles. The van der Waals surface area contributed by atoms with Crippen molar-refractivity contribution >= 4 is 38.5 Å². The van der Waals surface area contributed by atoms with Gasteiger partial charge in [0.2, 0.25) is 0 Å². The van der Waals surface area contributed by atoms with Crippen molar-refractivity contribution in [3.8, 4) is 0 Å². The number of halogens is 1. The molecule has 1 aromatic carbocycles. The van der Waals surface area contributed by atoms with E-state index < -0.39 is 0 Å². The second-order valence-electron chi connectivity index (χ2n) is 3.43. The second kappa shape index (κ2) is 5.03. The fourth-order valence-corrected chi connectivity index (χ4v) is 2.74. The van der Waals surface area contributed by atoms with Crippen molar-refractivity contribution in [1.82, 2.24) is 0 Å². The van der Waals surface area contributed by atoms with Crippen LogP contribution in [0.15, 0.2) is 33.7 Å². The highest BCUT2D eigenvalue weighted by atomic mass is 79.9. The maximum absolute atomic E-state index is 4.47. The Morgan fingerprint density at radius 2 is 2.47 bits per heavy atom. The van der Waals surface area contributed by atoms with Crippen LogP contribution in [0.4, 0.5) is 5.69 Å². The quantitative estimate of drug-likeness (QED) is 0.895. The van der Waals surface area contributed by atoms with Crippen molar-refractivity contribution in [3.05, 3.63) is 28.7 Å². The molecule has 1 aliphatic rings. The van der Waals surface area contributed by atoms with Crippen LogP contribution >= 0.6 is 27.7 Å². The Morgan fingerprint density at radius 1 is 1.60 bits per heavy atom. The van der Waals surface area contributed by atoms with Crippen LogP contribution in [-0.4, -0.2) is 17.0 Å². The van der Waals surface area contributed by atoms with Gasteiger partial charge in [-0.2, -0.15) is 0 Å². The standard InChI is InChI=1S/C11H13BrN2S/c1-2-10-7-13-11(15-10)14-9-5-3-4-8(12)6-9/h3-6,10H,2,7H2,1H3,(H,13,14). The van der Waals surface area contributed by atoms with Gasteiger partial charge in [0.15, 0.2) is 5.17 Å². The fourth-order valence-electron chi connectivity index (χ4n) is 1.39. The van der Waals surface area contributed by atoms with Crippen LogP contribution in [0.5, 0.6) is 0 Å². The lowest BCUT2D eigenvalue weighted by atomic mass is 10.3. The Morgan fingerprint density at radius 3 is 3.13 bits per heavy atom. The first kappa shape index (κ1) is 11.0. The van der Waals surface area contributed by atoms with E-state index in [0.29, 0.717) is 5.25 Å². The zero-order valence-corrected chi connectivity index (χ0v) is 10.9. The summed E-state index contributed by atoms with van der Waals surface area (Å²) in [5.41, 5.74) is 1.09. The summed E-state index contributed by atoms with van der Waals surface area (Å²) in [4.78, 5) is 4.47. The van der Waals surface area contributed by atoms with E-state index in [-0.39, 0.29) is 0 Å². The largest absolute Gasteiger partial charge is 0.335 e. The third-order valence-corrected chi connectivity index (χ3v) is 4.01. The lowest BCUT2D eigenvalue weighted by molar-refractivity contribution is 0.843. The number of hydrogen-bond acceptors (Lipinski definition) is 3. The van der Waals surface area contributed by atoms with Crippen molar-refractivity contribution in [1.29, 1.82) is 0 Å². The minimum Gasteiger partial charge on any atom is -0.335 e. The van der Waals surface area contributed by atoms with Crippen LogP contribution in [0.1, 0.15) is 13.3 Å². The van der Waals surface area contributed by atoms with Gasteiger partial charge in [-0.1, -0.05) is 40.7 Å². The minimum atomic E-state index is 0.652. The third-order valence-electron chi connectivity index (χ3n) is 2.25. The van der Waals surface area contributed by atoms with Crippen LogP contribution < -0.4 is 5.32 Å². The molecule has 4 heteroatoms. The summed E-state index contributed by atoms with van der Waals surface area (Å²) in [6.07, 6.45) is 1.18. The summed E-state index contributed by atoms with van der Waals surface area (Å²) < 4.78 is 1.09. The molecule has 0 spiro atoms. The molecule has 0 radical (unpaired) electrons. The fraction of sp³-hybridized carbons (Fsp3) is 0.364. The van der Waals surface area contributed by atoms with E-state index in [1.54, 1.807) is 0 Å². The van der Waals surface area contributed by atoms with Gasteiger partial charge in [0, 0.05) is 15.4 Å². The summed E-state index contributed by atoms with van der Waals surface area (Å²) in [6, 6.07) is 8.14. The Balaban J connectivity index is 1.98. The van der Waals surface area contributed by atoms with Crippen molar-refractivity contribution in [2.75, 3.05) is 11.9 Å². The average molecular weight is 285 g/mol. The lowest BCUT2D eigenvalue weighted by Gasteiger charge is -2.07. The maximum atomic E-state index is 4.47. The molecule has 1 unspecified atom stereocenters. The second-order valence-corrected chi connectivity index (χ2v) is 5.63. The average Bonchev–Trinajstić information content (AvgIpc) is 2.65. The van der Waals surface area contributed by atoms with Crippen LogP contribution in [0.2, 0.25) is 0 Å². The monoisotopic (exact) mass is 284 g/mol. The molecule has 0 bridgehead atoms. The first-order chi connectivity index (χ1) is 7.28. The van der Waals surface area contributed by atoms with Crippen LogP contribution in [0, 0.1) is 0 Å². The molecule has 1 atom stereocenters. The van der Waals surface area contributed by atoms with Crippen molar-refractivity contribution < 1.29 is 0 Å². The molecule has 0 aliphatic carbocycles. The van der Waals surface area contributed by atoms with Gasteiger partial charge < -0.3 is 5.32 Å². The number of amidine groups is 1. The Labute approximate surface area is 103 Å². The molecule has 0 fully saturated rings. The molecule has 2 nitrogen and oxygen atoms in total. The zero-order valence-electron chi connectivity index (χ0n) is 8.53. The summed E-state index contributed by atoms with van der Waals surface area (Å²) in [6.45, 7) is 3.15. The topological polar surface area (TPSA) is 24.4 Å². The summed E-state index contributed by atoms with van der Waals surface area (Å²) in [7, 11) is 0. The number of rotatable bonds is 2. The number of hydrogen-bond donors (Lipinski definition) is 1. The van der Waals surface area contributed by atoms with Crippen molar-refractivity contribution in [2.24, 2.45) is 4.99 Å². The number of nitrogens with one attached hydrogen (secondary N) is 1. The zero-order chi connectivity index (χ0) is 10.7. The van der Waals surface area contributed by atoms with Gasteiger partial charge in [0.25, 0.3) is 0 Å². The minimum absolute atomic E-state index is 0.652. The van der Waals surface area contributed by atoms with Crippen LogP contribution in [0.25, 0.3) is 0 Å². The van der Waals surface area contributed by atoms with E-state index >= 15 is 0 Å². The molecule has 1 heterocycles. The van der Waals surface area contributed by atoms with Crippen LogP contribution in [-0.2, 0) is 0 Å². The molecule has 0 amide bonds. The highest BCUT2D eigenvalue weighted by molar-refractivity contribution is 9.10.